The van der Waals surface area contributed by atoms with Crippen molar-refractivity contribution in [2.75, 3.05) is 5.73 Å². The lowest BCUT2D eigenvalue weighted by molar-refractivity contribution is 0.628. The molecule has 1 aromatic heterocycles. The molecule has 0 atom stereocenters. The molecule has 0 amide bonds. The SMILES string of the molecule is Nc1nc(-c2cc(F)cc(Cl)c2)cs1. The van der Waals surface area contributed by atoms with Crippen molar-refractivity contribution >= 4 is 28.1 Å². The maximum Gasteiger partial charge on any atom is 0.180 e. The molecule has 0 saturated carbocycles. The zero-order valence-corrected chi connectivity index (χ0v) is 8.57. The maximum absolute atomic E-state index is 13.0. The zero-order chi connectivity index (χ0) is 10.1. The first-order chi connectivity index (χ1) is 6.65. The molecule has 0 aliphatic carbocycles. The molecule has 5 heteroatoms. The molecule has 2 aromatic rings. The van der Waals surface area contributed by atoms with E-state index in [9.17, 15) is 4.39 Å². The number of nitrogen functional groups attached to an aromatic ring is 1. The van der Waals surface area contributed by atoms with Crippen molar-refractivity contribution < 1.29 is 4.39 Å². The Balaban J connectivity index is 2.51. The molecule has 0 fully saturated rings. The van der Waals surface area contributed by atoms with Gasteiger partial charge in [0.05, 0.1) is 5.69 Å². The van der Waals surface area contributed by atoms with Crippen LogP contribution in [0.5, 0.6) is 0 Å². The summed E-state index contributed by atoms with van der Waals surface area (Å²) in [6.07, 6.45) is 0. The van der Waals surface area contributed by atoms with Gasteiger partial charge in [-0.3, -0.25) is 0 Å². The number of nitrogens with zero attached hydrogens (tertiary/aromatic N) is 1. The summed E-state index contributed by atoms with van der Waals surface area (Å²) in [6, 6.07) is 4.28. The number of benzene rings is 1. The average molecular weight is 229 g/mol. The van der Waals surface area contributed by atoms with Crippen LogP contribution in [-0.4, -0.2) is 4.98 Å². The van der Waals surface area contributed by atoms with E-state index in [4.69, 9.17) is 17.3 Å². The minimum atomic E-state index is -0.376. The first-order valence-corrected chi connectivity index (χ1v) is 5.08. The van der Waals surface area contributed by atoms with Crippen LogP contribution in [0.25, 0.3) is 11.3 Å². The molecule has 0 spiro atoms. The molecule has 0 aliphatic heterocycles. The van der Waals surface area contributed by atoms with Crippen molar-refractivity contribution in [2.45, 2.75) is 0 Å². The second-order valence-electron chi connectivity index (χ2n) is 2.73. The summed E-state index contributed by atoms with van der Waals surface area (Å²) in [5.41, 5.74) is 6.76. The van der Waals surface area contributed by atoms with Crippen molar-refractivity contribution in [1.82, 2.24) is 4.98 Å². The summed E-state index contributed by atoms with van der Waals surface area (Å²) in [4.78, 5) is 4.03. The van der Waals surface area contributed by atoms with E-state index in [0.717, 1.165) is 0 Å². The smallest absolute Gasteiger partial charge is 0.180 e. The standard InChI is InChI=1S/C9H6ClFN2S/c10-6-1-5(2-7(11)3-6)8-4-14-9(12)13-8/h1-4H,(H2,12,13). The van der Waals surface area contributed by atoms with E-state index in [-0.39, 0.29) is 5.82 Å². The summed E-state index contributed by atoms with van der Waals surface area (Å²) in [5, 5.41) is 2.58. The third kappa shape index (κ3) is 1.86. The molecule has 72 valence electrons. The number of aromatic nitrogens is 1. The van der Waals surface area contributed by atoms with E-state index in [2.05, 4.69) is 4.98 Å². The summed E-state index contributed by atoms with van der Waals surface area (Å²) in [7, 11) is 0. The highest BCUT2D eigenvalue weighted by molar-refractivity contribution is 7.13. The lowest BCUT2D eigenvalue weighted by Crippen LogP contribution is -1.84. The fourth-order valence-corrected chi connectivity index (χ4v) is 1.92. The molecular formula is C9H6ClFN2S. The Morgan fingerprint density at radius 2 is 2.14 bits per heavy atom. The summed E-state index contributed by atoms with van der Waals surface area (Å²) < 4.78 is 13.0. The quantitative estimate of drug-likeness (QED) is 0.814. The Hall–Kier alpha value is -1.13. The van der Waals surface area contributed by atoms with E-state index in [1.165, 1.54) is 23.5 Å². The van der Waals surface area contributed by atoms with Crippen molar-refractivity contribution in [3.63, 3.8) is 0 Å². The van der Waals surface area contributed by atoms with Crippen LogP contribution in [0, 0.1) is 5.82 Å². The minimum Gasteiger partial charge on any atom is -0.375 e. The van der Waals surface area contributed by atoms with Gasteiger partial charge in [-0.25, -0.2) is 9.37 Å². The molecule has 1 aromatic carbocycles. The van der Waals surface area contributed by atoms with Crippen molar-refractivity contribution in [1.29, 1.82) is 0 Å². The van der Waals surface area contributed by atoms with E-state index >= 15 is 0 Å². The molecule has 0 aliphatic rings. The summed E-state index contributed by atoms with van der Waals surface area (Å²) in [6.45, 7) is 0. The number of halogens is 2. The first-order valence-electron chi connectivity index (χ1n) is 3.82. The molecule has 0 bridgehead atoms. The van der Waals surface area contributed by atoms with Crippen molar-refractivity contribution in [3.8, 4) is 11.3 Å². The molecule has 2 rings (SSSR count). The summed E-state index contributed by atoms with van der Waals surface area (Å²) in [5.74, 6) is -0.376. The molecule has 2 nitrogen and oxygen atoms in total. The van der Waals surface area contributed by atoms with Crippen LogP contribution in [0.4, 0.5) is 9.52 Å². The molecule has 0 saturated heterocycles. The monoisotopic (exact) mass is 228 g/mol. The van der Waals surface area contributed by atoms with E-state index < -0.39 is 0 Å². The largest absolute Gasteiger partial charge is 0.375 e. The molecule has 0 unspecified atom stereocenters. The molecule has 0 radical (unpaired) electrons. The van der Waals surface area contributed by atoms with Crippen LogP contribution in [0.3, 0.4) is 0 Å². The normalized spacial score (nSPS) is 10.4. The average Bonchev–Trinajstić information content (AvgIpc) is 2.50. The maximum atomic E-state index is 13.0. The minimum absolute atomic E-state index is 0.353. The van der Waals surface area contributed by atoms with Gasteiger partial charge in [-0.15, -0.1) is 11.3 Å². The van der Waals surface area contributed by atoms with Gasteiger partial charge in [-0.2, -0.15) is 0 Å². The lowest BCUT2D eigenvalue weighted by atomic mass is 10.2. The number of anilines is 1. The van der Waals surface area contributed by atoms with Gasteiger partial charge in [0.15, 0.2) is 5.13 Å². The van der Waals surface area contributed by atoms with Crippen LogP contribution in [0.15, 0.2) is 23.6 Å². The predicted molar refractivity (Wildman–Crippen MR) is 56.9 cm³/mol. The number of hydrogen-bond acceptors (Lipinski definition) is 3. The number of nitrogens with two attached hydrogens (primary N) is 1. The van der Waals surface area contributed by atoms with E-state index in [1.807, 2.05) is 0 Å². The fraction of sp³-hybridized carbons (Fsp3) is 0. The Bertz CT molecular complexity index is 449. The Kier molecular flexibility index (Phi) is 2.39. The highest BCUT2D eigenvalue weighted by atomic mass is 35.5. The zero-order valence-electron chi connectivity index (χ0n) is 7.00. The van der Waals surface area contributed by atoms with Crippen LogP contribution in [0.2, 0.25) is 5.02 Å². The molecule has 1 heterocycles. The van der Waals surface area contributed by atoms with Gasteiger partial charge in [-0.1, -0.05) is 11.6 Å². The van der Waals surface area contributed by atoms with Gasteiger partial charge in [0, 0.05) is 16.0 Å². The fourth-order valence-electron chi connectivity index (χ4n) is 1.12. The number of thiazole rings is 1. The van der Waals surface area contributed by atoms with Crippen molar-refractivity contribution in [2.24, 2.45) is 0 Å². The lowest BCUT2D eigenvalue weighted by Gasteiger charge is -1.97. The van der Waals surface area contributed by atoms with Gasteiger partial charge < -0.3 is 5.73 Å². The van der Waals surface area contributed by atoms with Crippen LogP contribution < -0.4 is 5.73 Å². The van der Waals surface area contributed by atoms with Gasteiger partial charge in [0.1, 0.15) is 5.82 Å². The predicted octanol–water partition coefficient (Wildman–Crippen LogP) is 3.18. The molecule has 2 N–H and O–H groups in total. The topological polar surface area (TPSA) is 38.9 Å². The van der Waals surface area contributed by atoms with Crippen LogP contribution in [-0.2, 0) is 0 Å². The second kappa shape index (κ2) is 3.55. The third-order valence-corrected chi connectivity index (χ3v) is 2.57. The number of hydrogen-bond donors (Lipinski definition) is 1. The van der Waals surface area contributed by atoms with Gasteiger partial charge >= 0.3 is 0 Å². The number of rotatable bonds is 1. The Labute approximate surface area is 89.2 Å². The van der Waals surface area contributed by atoms with Crippen LogP contribution in [0.1, 0.15) is 0 Å². The third-order valence-electron chi connectivity index (χ3n) is 1.68. The Morgan fingerprint density at radius 3 is 2.71 bits per heavy atom. The summed E-state index contributed by atoms with van der Waals surface area (Å²) >= 11 is 7.02. The van der Waals surface area contributed by atoms with E-state index in [1.54, 1.807) is 11.4 Å². The van der Waals surface area contributed by atoms with E-state index in [0.29, 0.717) is 21.4 Å². The van der Waals surface area contributed by atoms with Gasteiger partial charge in [-0.05, 0) is 18.2 Å². The molecular weight excluding hydrogens is 223 g/mol. The highest BCUT2D eigenvalue weighted by Gasteiger charge is 2.05. The highest BCUT2D eigenvalue weighted by Crippen LogP contribution is 2.26. The first kappa shape index (κ1) is 9.43. The van der Waals surface area contributed by atoms with Gasteiger partial charge in [0.2, 0.25) is 0 Å². The van der Waals surface area contributed by atoms with Crippen molar-refractivity contribution in [3.05, 3.63) is 34.4 Å². The Morgan fingerprint density at radius 1 is 1.36 bits per heavy atom. The van der Waals surface area contributed by atoms with Crippen LogP contribution >= 0.6 is 22.9 Å². The second-order valence-corrected chi connectivity index (χ2v) is 4.06. The van der Waals surface area contributed by atoms with Gasteiger partial charge in [0.25, 0.3) is 0 Å². The molecule has 14 heavy (non-hydrogen) atoms.